The highest BCUT2D eigenvalue weighted by Gasteiger charge is 2.08. The van der Waals surface area contributed by atoms with Crippen molar-refractivity contribution in [3.05, 3.63) is 53.3 Å². The molecular formula is C15H10FNO2. The van der Waals surface area contributed by atoms with Gasteiger partial charge in [0.2, 0.25) is 0 Å². The van der Waals surface area contributed by atoms with E-state index in [4.69, 9.17) is 10.00 Å². The Kier molecular flexibility index (Phi) is 3.58. The van der Waals surface area contributed by atoms with Crippen molar-refractivity contribution in [1.82, 2.24) is 0 Å². The van der Waals surface area contributed by atoms with Gasteiger partial charge in [0.15, 0.2) is 6.29 Å². The first-order valence-corrected chi connectivity index (χ1v) is 5.53. The van der Waals surface area contributed by atoms with Crippen LogP contribution in [0.3, 0.4) is 0 Å². The number of carbonyl (C=O) groups is 1. The summed E-state index contributed by atoms with van der Waals surface area (Å²) in [4.78, 5) is 10.9. The second-order valence-corrected chi connectivity index (χ2v) is 3.88. The van der Waals surface area contributed by atoms with Gasteiger partial charge in [0.05, 0.1) is 18.2 Å². The minimum absolute atomic E-state index is 0.00660. The Balaban J connectivity index is 2.51. The van der Waals surface area contributed by atoms with Gasteiger partial charge in [-0.3, -0.25) is 4.79 Å². The number of methoxy groups -OCH3 is 1. The van der Waals surface area contributed by atoms with Crippen molar-refractivity contribution in [1.29, 1.82) is 5.26 Å². The van der Waals surface area contributed by atoms with E-state index in [-0.39, 0.29) is 5.56 Å². The molecule has 2 aromatic carbocycles. The van der Waals surface area contributed by atoms with E-state index < -0.39 is 5.82 Å². The molecule has 0 radical (unpaired) electrons. The van der Waals surface area contributed by atoms with Gasteiger partial charge in [0.1, 0.15) is 17.6 Å². The zero-order valence-electron chi connectivity index (χ0n) is 10.2. The molecule has 0 aliphatic heterocycles. The molecule has 0 N–H and O–H groups in total. The molecule has 2 aromatic rings. The fourth-order valence-corrected chi connectivity index (χ4v) is 1.79. The van der Waals surface area contributed by atoms with Gasteiger partial charge in [-0.15, -0.1) is 0 Å². The van der Waals surface area contributed by atoms with Crippen LogP contribution in [0.4, 0.5) is 4.39 Å². The highest BCUT2D eigenvalue weighted by atomic mass is 19.1. The number of hydrogen-bond donors (Lipinski definition) is 0. The highest BCUT2D eigenvalue weighted by Crippen LogP contribution is 2.26. The molecule has 0 heterocycles. The van der Waals surface area contributed by atoms with Gasteiger partial charge in [-0.1, -0.05) is 12.1 Å². The predicted octanol–water partition coefficient (Wildman–Crippen LogP) is 3.19. The van der Waals surface area contributed by atoms with Crippen LogP contribution in [0.15, 0.2) is 36.4 Å². The Morgan fingerprint density at radius 3 is 2.47 bits per heavy atom. The van der Waals surface area contributed by atoms with E-state index in [1.54, 1.807) is 30.3 Å². The normalized spacial score (nSPS) is 9.74. The second kappa shape index (κ2) is 5.32. The maximum absolute atomic E-state index is 13.5. The third kappa shape index (κ3) is 2.45. The van der Waals surface area contributed by atoms with Gasteiger partial charge < -0.3 is 4.74 Å². The molecule has 0 fully saturated rings. The van der Waals surface area contributed by atoms with Crippen LogP contribution in [0.2, 0.25) is 0 Å². The first kappa shape index (κ1) is 12.8. The molecular weight excluding hydrogens is 245 g/mol. The fraction of sp³-hybridized carbons (Fsp3) is 0.0667. The third-order valence-electron chi connectivity index (χ3n) is 2.78. The summed E-state index contributed by atoms with van der Waals surface area (Å²) in [6.45, 7) is 0. The minimum atomic E-state index is -0.580. The van der Waals surface area contributed by atoms with Crippen molar-refractivity contribution < 1.29 is 13.9 Å². The Bertz CT molecular complexity index is 674. The molecule has 94 valence electrons. The number of aldehydes is 1. The van der Waals surface area contributed by atoms with E-state index in [0.717, 1.165) is 0 Å². The lowest BCUT2D eigenvalue weighted by Gasteiger charge is -2.07. The van der Waals surface area contributed by atoms with Crippen LogP contribution in [-0.4, -0.2) is 13.4 Å². The number of halogens is 1. The number of nitriles is 1. The van der Waals surface area contributed by atoms with Crippen LogP contribution in [0, 0.1) is 17.1 Å². The van der Waals surface area contributed by atoms with Crippen LogP contribution >= 0.6 is 0 Å². The van der Waals surface area contributed by atoms with E-state index in [2.05, 4.69) is 0 Å². The number of carbonyl (C=O) groups excluding carboxylic acids is 1. The van der Waals surface area contributed by atoms with Crippen molar-refractivity contribution in [2.24, 2.45) is 0 Å². The lowest BCUT2D eigenvalue weighted by Crippen LogP contribution is -1.92. The molecule has 0 amide bonds. The molecule has 19 heavy (non-hydrogen) atoms. The number of ether oxygens (including phenoxy) is 1. The molecule has 2 rings (SSSR count). The van der Waals surface area contributed by atoms with Crippen LogP contribution in [0.5, 0.6) is 5.75 Å². The summed E-state index contributed by atoms with van der Waals surface area (Å²) in [5, 5.41) is 8.68. The van der Waals surface area contributed by atoms with E-state index in [1.165, 1.54) is 19.2 Å². The third-order valence-corrected chi connectivity index (χ3v) is 2.78. The fourth-order valence-electron chi connectivity index (χ4n) is 1.79. The number of hydrogen-bond acceptors (Lipinski definition) is 3. The molecule has 0 saturated carbocycles. The van der Waals surface area contributed by atoms with Gasteiger partial charge in [0.25, 0.3) is 0 Å². The minimum Gasteiger partial charge on any atom is -0.496 e. The molecule has 4 heteroatoms. The second-order valence-electron chi connectivity index (χ2n) is 3.88. The smallest absolute Gasteiger partial charge is 0.153 e. The summed E-state index contributed by atoms with van der Waals surface area (Å²) >= 11 is 0. The Morgan fingerprint density at radius 1 is 1.21 bits per heavy atom. The number of rotatable bonds is 3. The maximum atomic E-state index is 13.5. The monoisotopic (exact) mass is 255 g/mol. The summed E-state index contributed by atoms with van der Waals surface area (Å²) < 4.78 is 18.6. The van der Waals surface area contributed by atoms with Crippen molar-refractivity contribution >= 4 is 6.29 Å². The SMILES string of the molecule is COc1ccc(-c2ccc(C#N)c(F)c2)cc1C=O. The first-order valence-electron chi connectivity index (χ1n) is 5.53. The van der Waals surface area contributed by atoms with E-state index >= 15 is 0 Å². The standard InChI is InChI=1S/C15H10FNO2/c1-19-15-5-4-10(6-13(15)9-18)11-2-3-12(8-17)14(16)7-11/h2-7,9H,1H3. The summed E-state index contributed by atoms with van der Waals surface area (Å²) in [6.07, 6.45) is 0.683. The first-order chi connectivity index (χ1) is 9.19. The highest BCUT2D eigenvalue weighted by molar-refractivity contribution is 5.83. The van der Waals surface area contributed by atoms with Crippen LogP contribution in [0.25, 0.3) is 11.1 Å². The van der Waals surface area contributed by atoms with E-state index in [9.17, 15) is 9.18 Å². The Hall–Kier alpha value is -2.67. The van der Waals surface area contributed by atoms with Crippen molar-refractivity contribution in [2.75, 3.05) is 7.11 Å². The number of benzene rings is 2. The van der Waals surface area contributed by atoms with Crippen molar-refractivity contribution in [3.63, 3.8) is 0 Å². The maximum Gasteiger partial charge on any atom is 0.153 e. The summed E-state index contributed by atoms with van der Waals surface area (Å²) in [5.41, 5.74) is 1.67. The lowest BCUT2D eigenvalue weighted by molar-refractivity contribution is 0.112. The molecule has 0 atom stereocenters. The molecule has 0 aliphatic rings. The summed E-state index contributed by atoms with van der Waals surface area (Å²) in [6, 6.07) is 11.1. The van der Waals surface area contributed by atoms with Crippen LogP contribution in [0.1, 0.15) is 15.9 Å². The average Bonchev–Trinajstić information content (AvgIpc) is 2.46. The molecule has 0 unspecified atom stereocenters. The van der Waals surface area contributed by atoms with Gasteiger partial charge in [0, 0.05) is 0 Å². The Morgan fingerprint density at radius 2 is 1.89 bits per heavy atom. The van der Waals surface area contributed by atoms with E-state index in [1.807, 2.05) is 0 Å². The molecule has 3 nitrogen and oxygen atoms in total. The van der Waals surface area contributed by atoms with Crippen LogP contribution in [-0.2, 0) is 0 Å². The largest absolute Gasteiger partial charge is 0.496 e. The van der Waals surface area contributed by atoms with Gasteiger partial charge >= 0.3 is 0 Å². The zero-order chi connectivity index (χ0) is 13.8. The van der Waals surface area contributed by atoms with E-state index in [0.29, 0.717) is 28.7 Å². The van der Waals surface area contributed by atoms with Crippen molar-refractivity contribution in [2.45, 2.75) is 0 Å². The average molecular weight is 255 g/mol. The molecule has 0 aliphatic carbocycles. The molecule has 0 saturated heterocycles. The molecule has 0 aromatic heterocycles. The van der Waals surface area contributed by atoms with Gasteiger partial charge in [-0.2, -0.15) is 5.26 Å². The summed E-state index contributed by atoms with van der Waals surface area (Å²) in [7, 11) is 1.48. The lowest BCUT2D eigenvalue weighted by atomic mass is 10.0. The summed E-state index contributed by atoms with van der Waals surface area (Å²) in [5.74, 6) is -0.115. The molecule has 0 spiro atoms. The zero-order valence-corrected chi connectivity index (χ0v) is 10.2. The number of nitrogens with zero attached hydrogens (tertiary/aromatic N) is 1. The van der Waals surface area contributed by atoms with Gasteiger partial charge in [-0.25, -0.2) is 4.39 Å². The van der Waals surface area contributed by atoms with Crippen LogP contribution < -0.4 is 4.74 Å². The quantitative estimate of drug-likeness (QED) is 0.791. The molecule has 0 bridgehead atoms. The van der Waals surface area contributed by atoms with Gasteiger partial charge in [-0.05, 0) is 35.4 Å². The predicted molar refractivity (Wildman–Crippen MR) is 68.5 cm³/mol. The topological polar surface area (TPSA) is 50.1 Å². The van der Waals surface area contributed by atoms with Crippen molar-refractivity contribution in [3.8, 4) is 22.9 Å². The Labute approximate surface area is 109 Å².